The summed E-state index contributed by atoms with van der Waals surface area (Å²) in [5.74, 6) is -0.0632. The number of rotatable bonds is 4. The van der Waals surface area contributed by atoms with Crippen molar-refractivity contribution in [3.63, 3.8) is 0 Å². The maximum Gasteiger partial charge on any atom is 0.320 e. The molecule has 1 aliphatic carbocycles. The Balaban J connectivity index is 2.00. The van der Waals surface area contributed by atoms with E-state index in [4.69, 9.17) is 14.2 Å². The first-order valence-corrected chi connectivity index (χ1v) is 6.87. The average molecular weight is 300 g/mol. The molecule has 5 heteroatoms. The fourth-order valence-electron chi connectivity index (χ4n) is 2.65. The molecule has 1 aromatic carbocycles. The summed E-state index contributed by atoms with van der Waals surface area (Å²) < 4.78 is 16.1. The van der Waals surface area contributed by atoms with E-state index in [0.29, 0.717) is 11.5 Å². The minimum absolute atomic E-state index is 0.0764. The van der Waals surface area contributed by atoms with Crippen LogP contribution in [-0.2, 0) is 19.0 Å². The van der Waals surface area contributed by atoms with Crippen molar-refractivity contribution in [3.8, 4) is 0 Å². The van der Waals surface area contributed by atoms with Gasteiger partial charge in [-0.3, -0.25) is 4.79 Å². The molecule has 0 amide bonds. The third-order valence-electron chi connectivity index (χ3n) is 3.81. The highest BCUT2D eigenvalue weighted by Crippen LogP contribution is 2.41. The predicted molar refractivity (Wildman–Crippen MR) is 79.5 cm³/mol. The van der Waals surface area contributed by atoms with Crippen molar-refractivity contribution in [1.29, 1.82) is 0 Å². The Morgan fingerprint density at radius 1 is 1.36 bits per heavy atom. The smallest absolute Gasteiger partial charge is 0.320 e. The molecule has 2 atom stereocenters. The zero-order valence-corrected chi connectivity index (χ0v) is 12.1. The van der Waals surface area contributed by atoms with Crippen LogP contribution < -0.4 is 0 Å². The van der Waals surface area contributed by atoms with Gasteiger partial charge in [-0.1, -0.05) is 48.6 Å². The van der Waals surface area contributed by atoms with Crippen molar-refractivity contribution in [2.24, 2.45) is 5.41 Å². The highest BCUT2D eigenvalue weighted by Gasteiger charge is 2.49. The van der Waals surface area contributed by atoms with Gasteiger partial charge in [-0.15, -0.1) is 0 Å². The van der Waals surface area contributed by atoms with Crippen LogP contribution in [0.2, 0.25) is 0 Å². The zero-order chi connectivity index (χ0) is 15.6. The van der Waals surface area contributed by atoms with Gasteiger partial charge in [-0.05, 0) is 11.6 Å². The first-order chi connectivity index (χ1) is 10.7. The molecule has 114 valence electrons. The van der Waals surface area contributed by atoms with Gasteiger partial charge in [0.1, 0.15) is 11.5 Å². The number of carboxylic acids is 1. The second-order valence-electron chi connectivity index (χ2n) is 5.07. The molecule has 2 aliphatic rings. The van der Waals surface area contributed by atoms with Crippen LogP contribution in [-0.4, -0.2) is 31.1 Å². The number of allylic oxidation sites excluding steroid dienone is 1. The normalized spacial score (nSPS) is 26.7. The van der Waals surface area contributed by atoms with Crippen molar-refractivity contribution >= 4 is 12.0 Å². The molecule has 2 unspecified atom stereocenters. The summed E-state index contributed by atoms with van der Waals surface area (Å²) in [6.07, 6.45) is 5.83. The fraction of sp³-hybridized carbons (Fsp3) is 0.235. The lowest BCUT2D eigenvalue weighted by Gasteiger charge is -2.33. The van der Waals surface area contributed by atoms with E-state index >= 15 is 0 Å². The van der Waals surface area contributed by atoms with Crippen LogP contribution in [0.25, 0.3) is 6.08 Å². The molecule has 1 N–H and O–H groups in total. The van der Waals surface area contributed by atoms with Gasteiger partial charge in [0.25, 0.3) is 0 Å². The van der Waals surface area contributed by atoms with Gasteiger partial charge < -0.3 is 19.3 Å². The molecule has 22 heavy (non-hydrogen) atoms. The molecule has 0 saturated carbocycles. The minimum atomic E-state index is -1.34. The first kappa shape index (κ1) is 14.4. The summed E-state index contributed by atoms with van der Waals surface area (Å²) in [6, 6.07) is 9.50. The average Bonchev–Trinajstić information content (AvgIpc) is 3.01. The topological polar surface area (TPSA) is 65.0 Å². The molecule has 0 radical (unpaired) electrons. The predicted octanol–water partition coefficient (Wildman–Crippen LogP) is 2.57. The number of ether oxygens (including phenoxy) is 3. The first-order valence-electron chi connectivity index (χ1n) is 6.87. The molecule has 0 bridgehead atoms. The van der Waals surface area contributed by atoms with E-state index in [2.05, 4.69) is 0 Å². The monoisotopic (exact) mass is 300 g/mol. The lowest BCUT2D eigenvalue weighted by atomic mass is 9.77. The summed E-state index contributed by atoms with van der Waals surface area (Å²) in [5.41, 5.74) is -0.424. The maximum absolute atomic E-state index is 12.0. The lowest BCUT2D eigenvalue weighted by molar-refractivity contribution is -0.149. The van der Waals surface area contributed by atoms with Crippen molar-refractivity contribution in [2.45, 2.75) is 6.10 Å². The number of methoxy groups -OCH3 is 1. The molecule has 0 saturated heterocycles. The SMILES string of the molecule is COC1C2=C(C=CC1(C=Cc1ccccc1)C(=O)O)OCO2. The summed E-state index contributed by atoms with van der Waals surface area (Å²) in [5, 5.41) is 9.79. The van der Waals surface area contributed by atoms with Crippen molar-refractivity contribution in [3.05, 3.63) is 65.6 Å². The molecule has 5 nitrogen and oxygen atoms in total. The van der Waals surface area contributed by atoms with E-state index in [1.54, 1.807) is 24.3 Å². The van der Waals surface area contributed by atoms with Gasteiger partial charge in [0.15, 0.2) is 11.5 Å². The van der Waals surface area contributed by atoms with E-state index in [1.165, 1.54) is 7.11 Å². The molecule has 1 aliphatic heterocycles. The fourth-order valence-corrected chi connectivity index (χ4v) is 2.65. The van der Waals surface area contributed by atoms with Gasteiger partial charge in [-0.25, -0.2) is 0 Å². The molecule has 0 fully saturated rings. The minimum Gasteiger partial charge on any atom is -0.480 e. The lowest BCUT2D eigenvalue weighted by Crippen LogP contribution is -2.43. The Kier molecular flexibility index (Phi) is 3.73. The van der Waals surface area contributed by atoms with Crippen LogP contribution >= 0.6 is 0 Å². The summed E-state index contributed by atoms with van der Waals surface area (Å²) in [4.78, 5) is 12.0. The molecule has 1 aromatic rings. The van der Waals surface area contributed by atoms with Gasteiger partial charge in [0.2, 0.25) is 6.79 Å². The largest absolute Gasteiger partial charge is 0.480 e. The van der Waals surface area contributed by atoms with Crippen molar-refractivity contribution in [2.75, 3.05) is 13.9 Å². The summed E-state index contributed by atoms with van der Waals surface area (Å²) in [6.45, 7) is 0.0764. The van der Waals surface area contributed by atoms with Crippen LogP contribution in [0.5, 0.6) is 0 Å². The molecular weight excluding hydrogens is 284 g/mol. The molecule has 3 rings (SSSR count). The number of carbonyl (C=O) groups is 1. The number of benzene rings is 1. The van der Waals surface area contributed by atoms with E-state index in [0.717, 1.165) is 5.56 Å². The van der Waals surface area contributed by atoms with Crippen LogP contribution in [0.1, 0.15) is 5.56 Å². The Morgan fingerprint density at radius 3 is 2.82 bits per heavy atom. The van der Waals surface area contributed by atoms with E-state index in [-0.39, 0.29) is 6.79 Å². The zero-order valence-electron chi connectivity index (χ0n) is 12.1. The number of hydrogen-bond donors (Lipinski definition) is 1. The van der Waals surface area contributed by atoms with Gasteiger partial charge in [-0.2, -0.15) is 0 Å². The van der Waals surface area contributed by atoms with Crippen molar-refractivity contribution < 1.29 is 24.1 Å². The third kappa shape index (κ3) is 2.29. The van der Waals surface area contributed by atoms with E-state index in [1.807, 2.05) is 30.3 Å². The van der Waals surface area contributed by atoms with Crippen LogP contribution in [0, 0.1) is 5.41 Å². The van der Waals surface area contributed by atoms with Crippen LogP contribution in [0.4, 0.5) is 0 Å². The molecule has 0 spiro atoms. The number of carboxylic acid groups (broad SMARTS) is 1. The second kappa shape index (κ2) is 5.69. The molecular formula is C17H16O5. The Bertz CT molecular complexity index is 659. The molecule has 0 aromatic heterocycles. The number of hydrogen-bond acceptors (Lipinski definition) is 4. The number of aliphatic carboxylic acids is 1. The highest BCUT2D eigenvalue weighted by molar-refractivity contribution is 5.83. The summed E-state index contributed by atoms with van der Waals surface area (Å²) >= 11 is 0. The Morgan fingerprint density at radius 2 is 2.14 bits per heavy atom. The second-order valence-corrected chi connectivity index (χ2v) is 5.07. The quantitative estimate of drug-likeness (QED) is 0.926. The molecule has 1 heterocycles. The van der Waals surface area contributed by atoms with Gasteiger partial charge >= 0.3 is 5.97 Å². The Labute approximate surface area is 128 Å². The Hall–Kier alpha value is -2.53. The van der Waals surface area contributed by atoms with Crippen LogP contribution in [0.15, 0.2) is 60.1 Å². The summed E-state index contributed by atoms with van der Waals surface area (Å²) in [7, 11) is 1.46. The maximum atomic E-state index is 12.0. The highest BCUT2D eigenvalue weighted by atomic mass is 16.7. The van der Waals surface area contributed by atoms with E-state index < -0.39 is 17.5 Å². The van der Waals surface area contributed by atoms with Crippen molar-refractivity contribution in [1.82, 2.24) is 0 Å². The van der Waals surface area contributed by atoms with E-state index in [9.17, 15) is 9.90 Å². The standard InChI is InChI=1S/C17H16O5/c1-20-15-14-13(21-11-22-14)8-10-17(15,16(18)19)9-7-12-5-3-2-4-6-12/h2-10,15H,11H2,1H3,(H,18,19). The third-order valence-corrected chi connectivity index (χ3v) is 3.81. The van der Waals surface area contributed by atoms with Gasteiger partial charge in [0.05, 0.1) is 0 Å². The van der Waals surface area contributed by atoms with Crippen LogP contribution in [0.3, 0.4) is 0 Å². The van der Waals surface area contributed by atoms with Gasteiger partial charge in [0, 0.05) is 7.11 Å².